The predicted octanol–water partition coefficient (Wildman–Crippen LogP) is 1.95. The van der Waals surface area contributed by atoms with Crippen LogP contribution in [0.15, 0.2) is 18.3 Å². The summed E-state index contributed by atoms with van der Waals surface area (Å²) in [4.78, 5) is 6.87. The number of anilines is 1. The minimum Gasteiger partial charge on any atom is -0.380 e. The van der Waals surface area contributed by atoms with Gasteiger partial charge in [0.15, 0.2) is 0 Å². The minimum atomic E-state index is 0.370. The second-order valence-electron chi connectivity index (χ2n) is 5.61. The summed E-state index contributed by atoms with van der Waals surface area (Å²) in [7, 11) is 1.81. The van der Waals surface area contributed by atoms with Gasteiger partial charge in [-0.05, 0) is 37.8 Å². The van der Waals surface area contributed by atoms with E-state index < -0.39 is 0 Å². The lowest BCUT2D eigenvalue weighted by Gasteiger charge is -2.33. The molecular formula is C15H23N3O. The molecule has 2 aliphatic rings. The van der Waals surface area contributed by atoms with Gasteiger partial charge in [-0.3, -0.25) is 4.98 Å². The Hall–Kier alpha value is -1.13. The lowest BCUT2D eigenvalue weighted by Crippen LogP contribution is -2.39. The standard InChI is InChI=1S/C15H23N3O/c1-19-15-3-2-8-18(11-15)14-6-7-16-13(9-14)10-17-12-4-5-12/h6-7,9,12,15,17H,2-5,8,10-11H2,1H3. The van der Waals surface area contributed by atoms with Crippen molar-refractivity contribution in [1.82, 2.24) is 10.3 Å². The van der Waals surface area contributed by atoms with Crippen LogP contribution >= 0.6 is 0 Å². The highest BCUT2D eigenvalue weighted by atomic mass is 16.5. The molecule has 19 heavy (non-hydrogen) atoms. The Balaban J connectivity index is 1.63. The van der Waals surface area contributed by atoms with Crippen molar-refractivity contribution in [2.75, 3.05) is 25.1 Å². The first-order valence-corrected chi connectivity index (χ1v) is 7.31. The summed E-state index contributed by atoms with van der Waals surface area (Å²) in [5, 5.41) is 3.52. The first kappa shape index (κ1) is 12.9. The van der Waals surface area contributed by atoms with Crippen LogP contribution in [0.2, 0.25) is 0 Å². The molecule has 0 spiro atoms. The van der Waals surface area contributed by atoms with E-state index in [4.69, 9.17) is 4.74 Å². The highest BCUT2D eigenvalue weighted by Crippen LogP contribution is 2.22. The molecule has 1 aliphatic heterocycles. The fourth-order valence-corrected chi connectivity index (χ4v) is 2.66. The number of rotatable bonds is 5. The van der Waals surface area contributed by atoms with E-state index in [2.05, 4.69) is 27.3 Å². The molecule has 1 N–H and O–H groups in total. The van der Waals surface area contributed by atoms with Crippen LogP contribution in [0.3, 0.4) is 0 Å². The van der Waals surface area contributed by atoms with E-state index in [1.807, 2.05) is 13.3 Å². The molecule has 1 aliphatic carbocycles. The van der Waals surface area contributed by atoms with Crippen LogP contribution in [0, 0.1) is 0 Å². The quantitative estimate of drug-likeness (QED) is 0.879. The van der Waals surface area contributed by atoms with E-state index >= 15 is 0 Å². The number of aromatic nitrogens is 1. The van der Waals surface area contributed by atoms with E-state index in [0.29, 0.717) is 6.10 Å². The van der Waals surface area contributed by atoms with E-state index in [-0.39, 0.29) is 0 Å². The van der Waals surface area contributed by atoms with Crippen LogP contribution < -0.4 is 10.2 Å². The molecular weight excluding hydrogens is 238 g/mol. The fourth-order valence-electron chi connectivity index (χ4n) is 2.66. The number of hydrogen-bond donors (Lipinski definition) is 1. The van der Waals surface area contributed by atoms with Crippen LogP contribution in [-0.4, -0.2) is 37.3 Å². The van der Waals surface area contributed by atoms with Gasteiger partial charge in [0.1, 0.15) is 0 Å². The second-order valence-corrected chi connectivity index (χ2v) is 5.61. The van der Waals surface area contributed by atoms with E-state index in [1.165, 1.54) is 31.4 Å². The Bertz CT molecular complexity index is 420. The molecule has 4 heteroatoms. The van der Waals surface area contributed by atoms with Crippen molar-refractivity contribution in [1.29, 1.82) is 0 Å². The summed E-state index contributed by atoms with van der Waals surface area (Å²) in [6.07, 6.45) is 7.32. The summed E-state index contributed by atoms with van der Waals surface area (Å²) >= 11 is 0. The van der Waals surface area contributed by atoms with Gasteiger partial charge < -0.3 is 15.0 Å². The molecule has 104 valence electrons. The van der Waals surface area contributed by atoms with Crippen molar-refractivity contribution in [2.45, 2.75) is 44.4 Å². The summed E-state index contributed by atoms with van der Waals surface area (Å²) < 4.78 is 5.49. The molecule has 2 fully saturated rings. The fraction of sp³-hybridized carbons (Fsp3) is 0.667. The van der Waals surface area contributed by atoms with Crippen molar-refractivity contribution in [3.05, 3.63) is 24.0 Å². The highest BCUT2D eigenvalue weighted by Gasteiger charge is 2.21. The largest absolute Gasteiger partial charge is 0.380 e. The highest BCUT2D eigenvalue weighted by molar-refractivity contribution is 5.47. The average molecular weight is 261 g/mol. The Morgan fingerprint density at radius 1 is 1.42 bits per heavy atom. The number of nitrogens with one attached hydrogen (secondary N) is 1. The van der Waals surface area contributed by atoms with Gasteiger partial charge in [-0.25, -0.2) is 0 Å². The van der Waals surface area contributed by atoms with Crippen LogP contribution in [0.25, 0.3) is 0 Å². The van der Waals surface area contributed by atoms with Gasteiger partial charge in [-0.1, -0.05) is 0 Å². The maximum atomic E-state index is 5.49. The topological polar surface area (TPSA) is 37.4 Å². The third-order valence-electron chi connectivity index (χ3n) is 4.03. The summed E-state index contributed by atoms with van der Waals surface area (Å²) in [6.45, 7) is 3.01. The van der Waals surface area contributed by atoms with Crippen molar-refractivity contribution < 1.29 is 4.74 Å². The molecule has 0 radical (unpaired) electrons. The summed E-state index contributed by atoms with van der Waals surface area (Å²) in [5.74, 6) is 0. The smallest absolute Gasteiger partial charge is 0.0746 e. The van der Waals surface area contributed by atoms with Crippen LogP contribution in [0.1, 0.15) is 31.4 Å². The molecule has 1 aromatic heterocycles. The van der Waals surface area contributed by atoms with Gasteiger partial charge in [0, 0.05) is 44.7 Å². The number of hydrogen-bond acceptors (Lipinski definition) is 4. The molecule has 0 amide bonds. The Kier molecular flexibility index (Phi) is 3.99. The first-order valence-electron chi connectivity index (χ1n) is 7.31. The molecule has 1 aromatic rings. The zero-order valence-electron chi connectivity index (χ0n) is 11.6. The third kappa shape index (κ3) is 3.45. The lowest BCUT2D eigenvalue weighted by molar-refractivity contribution is 0.0893. The average Bonchev–Trinajstić information content (AvgIpc) is 3.30. The van der Waals surface area contributed by atoms with Crippen LogP contribution in [-0.2, 0) is 11.3 Å². The van der Waals surface area contributed by atoms with Gasteiger partial charge in [0.25, 0.3) is 0 Å². The van der Waals surface area contributed by atoms with Crippen molar-refractivity contribution in [3.63, 3.8) is 0 Å². The number of ether oxygens (including phenoxy) is 1. The number of piperidine rings is 1. The minimum absolute atomic E-state index is 0.370. The maximum absolute atomic E-state index is 5.49. The van der Waals surface area contributed by atoms with E-state index in [0.717, 1.165) is 31.4 Å². The predicted molar refractivity (Wildman–Crippen MR) is 76.3 cm³/mol. The Morgan fingerprint density at radius 2 is 2.32 bits per heavy atom. The van der Waals surface area contributed by atoms with Gasteiger partial charge >= 0.3 is 0 Å². The number of pyridine rings is 1. The molecule has 1 saturated heterocycles. The van der Waals surface area contributed by atoms with Gasteiger partial charge in [0.05, 0.1) is 11.8 Å². The maximum Gasteiger partial charge on any atom is 0.0746 e. The van der Waals surface area contributed by atoms with Crippen LogP contribution in [0.4, 0.5) is 5.69 Å². The van der Waals surface area contributed by atoms with Gasteiger partial charge in [-0.2, -0.15) is 0 Å². The summed E-state index contributed by atoms with van der Waals surface area (Å²) in [6, 6.07) is 5.06. The van der Waals surface area contributed by atoms with Crippen molar-refractivity contribution in [3.8, 4) is 0 Å². The second kappa shape index (κ2) is 5.88. The Labute approximate surface area is 115 Å². The molecule has 1 unspecified atom stereocenters. The lowest BCUT2D eigenvalue weighted by atomic mass is 10.1. The number of nitrogens with zero attached hydrogens (tertiary/aromatic N) is 2. The molecule has 4 nitrogen and oxygen atoms in total. The Morgan fingerprint density at radius 3 is 3.11 bits per heavy atom. The van der Waals surface area contributed by atoms with Crippen molar-refractivity contribution >= 4 is 5.69 Å². The molecule has 3 rings (SSSR count). The van der Waals surface area contributed by atoms with E-state index in [1.54, 1.807) is 0 Å². The van der Waals surface area contributed by atoms with Gasteiger partial charge in [-0.15, -0.1) is 0 Å². The molecule has 2 heterocycles. The zero-order valence-corrected chi connectivity index (χ0v) is 11.6. The SMILES string of the molecule is COC1CCCN(c2ccnc(CNC3CC3)c2)C1. The molecule has 0 aromatic carbocycles. The number of methoxy groups -OCH3 is 1. The molecule has 1 saturated carbocycles. The molecule has 1 atom stereocenters. The van der Waals surface area contributed by atoms with Gasteiger partial charge in [0.2, 0.25) is 0 Å². The van der Waals surface area contributed by atoms with Crippen molar-refractivity contribution in [2.24, 2.45) is 0 Å². The van der Waals surface area contributed by atoms with E-state index in [9.17, 15) is 0 Å². The third-order valence-corrected chi connectivity index (χ3v) is 4.03. The first-order chi connectivity index (χ1) is 9.35. The zero-order chi connectivity index (χ0) is 13.1. The normalized spacial score (nSPS) is 23.6. The van der Waals surface area contributed by atoms with Crippen LogP contribution in [0.5, 0.6) is 0 Å². The monoisotopic (exact) mass is 261 g/mol. The molecule has 0 bridgehead atoms. The summed E-state index contributed by atoms with van der Waals surface area (Å²) in [5.41, 5.74) is 2.42.